The predicted molar refractivity (Wildman–Crippen MR) is 100 cm³/mol. The van der Waals surface area contributed by atoms with E-state index in [1.165, 1.54) is 4.90 Å². The zero-order chi connectivity index (χ0) is 21.3. The second kappa shape index (κ2) is 7.69. The van der Waals surface area contributed by atoms with Crippen molar-refractivity contribution in [2.24, 2.45) is 0 Å². The maximum Gasteiger partial charge on any atom is 0.416 e. The summed E-state index contributed by atoms with van der Waals surface area (Å²) in [7, 11) is 1.55. The number of nitrogens with one attached hydrogen (secondary N) is 1. The molecule has 3 heterocycles. The van der Waals surface area contributed by atoms with E-state index in [-0.39, 0.29) is 24.9 Å². The average Bonchev–Trinajstić information content (AvgIpc) is 3.19. The van der Waals surface area contributed by atoms with Gasteiger partial charge in [0.2, 0.25) is 5.88 Å². The van der Waals surface area contributed by atoms with Gasteiger partial charge in [-0.1, -0.05) is 12.1 Å². The highest BCUT2D eigenvalue weighted by molar-refractivity contribution is 5.94. The van der Waals surface area contributed by atoms with Crippen molar-refractivity contribution in [2.75, 3.05) is 20.2 Å². The summed E-state index contributed by atoms with van der Waals surface area (Å²) in [5, 5.41) is 6.89. The van der Waals surface area contributed by atoms with Crippen LogP contribution in [-0.4, -0.2) is 52.3 Å². The molecule has 0 spiro atoms. The van der Waals surface area contributed by atoms with Crippen molar-refractivity contribution < 1.29 is 27.4 Å². The van der Waals surface area contributed by atoms with E-state index in [2.05, 4.69) is 15.2 Å². The first kappa shape index (κ1) is 19.7. The molecule has 1 fully saturated rings. The zero-order valence-corrected chi connectivity index (χ0v) is 15.8. The molecule has 7 nitrogen and oxygen atoms in total. The quantitative estimate of drug-likeness (QED) is 0.687. The molecule has 0 atom stereocenters. The maximum absolute atomic E-state index is 12.8. The van der Waals surface area contributed by atoms with E-state index >= 15 is 0 Å². The minimum absolute atomic E-state index is 0.123. The molecule has 0 saturated carbocycles. The number of rotatable bonds is 5. The van der Waals surface area contributed by atoms with Crippen LogP contribution in [0.3, 0.4) is 0 Å². The van der Waals surface area contributed by atoms with E-state index in [1.54, 1.807) is 19.2 Å². The molecule has 0 unspecified atom stereocenters. The fourth-order valence-corrected chi connectivity index (χ4v) is 3.10. The Morgan fingerprint density at radius 1 is 1.20 bits per heavy atom. The topological polar surface area (TPSA) is 80.3 Å². The third-order valence-electron chi connectivity index (χ3n) is 4.68. The molecule has 1 saturated heterocycles. The molecule has 0 bridgehead atoms. The van der Waals surface area contributed by atoms with Crippen molar-refractivity contribution in [1.29, 1.82) is 0 Å². The number of nitrogens with zero attached hydrogens (tertiary/aromatic N) is 3. The molecule has 4 rings (SSSR count). The Hall–Kier alpha value is -3.56. The molecule has 1 amide bonds. The van der Waals surface area contributed by atoms with Crippen LogP contribution in [0.4, 0.5) is 13.2 Å². The van der Waals surface area contributed by atoms with Crippen molar-refractivity contribution in [1.82, 2.24) is 20.1 Å². The lowest BCUT2D eigenvalue weighted by Gasteiger charge is -2.38. The zero-order valence-electron chi connectivity index (χ0n) is 15.8. The fraction of sp³-hybridized carbons (Fsp3) is 0.250. The van der Waals surface area contributed by atoms with Gasteiger partial charge >= 0.3 is 6.18 Å². The van der Waals surface area contributed by atoms with Crippen molar-refractivity contribution in [2.45, 2.75) is 12.3 Å². The number of carbonyl (C=O) groups excluding carboxylic acids is 1. The van der Waals surface area contributed by atoms with Crippen LogP contribution in [0.5, 0.6) is 11.6 Å². The number of pyridine rings is 1. The second-order valence-corrected chi connectivity index (χ2v) is 6.70. The maximum atomic E-state index is 12.8. The van der Waals surface area contributed by atoms with Gasteiger partial charge in [0.15, 0.2) is 0 Å². The number of aromatic nitrogens is 3. The first-order valence-electron chi connectivity index (χ1n) is 9.03. The van der Waals surface area contributed by atoms with Crippen LogP contribution in [0.2, 0.25) is 0 Å². The van der Waals surface area contributed by atoms with Gasteiger partial charge in [0.05, 0.1) is 31.5 Å². The highest BCUT2D eigenvalue weighted by Crippen LogP contribution is 2.31. The lowest BCUT2D eigenvalue weighted by atomic mass is 10.1. The van der Waals surface area contributed by atoms with E-state index < -0.39 is 17.8 Å². The number of benzene rings is 1. The molecule has 1 aromatic carbocycles. The Balaban J connectivity index is 1.38. The molecule has 2 aromatic heterocycles. The van der Waals surface area contributed by atoms with Gasteiger partial charge in [-0.25, -0.2) is 4.98 Å². The minimum Gasteiger partial charge on any atom is -0.496 e. The summed E-state index contributed by atoms with van der Waals surface area (Å²) in [5.74, 6) is 0.233. The van der Waals surface area contributed by atoms with Crippen molar-refractivity contribution in [3.8, 4) is 22.9 Å². The number of methoxy groups -OCH3 is 1. The van der Waals surface area contributed by atoms with Crippen LogP contribution in [0.25, 0.3) is 11.3 Å². The Kier molecular flexibility index (Phi) is 5.06. The number of H-pyrrole nitrogens is 1. The Bertz CT molecular complexity index is 1060. The molecule has 1 aliphatic heterocycles. The van der Waals surface area contributed by atoms with Crippen LogP contribution in [-0.2, 0) is 6.18 Å². The van der Waals surface area contributed by atoms with E-state index in [4.69, 9.17) is 9.47 Å². The molecule has 0 radical (unpaired) electrons. The summed E-state index contributed by atoms with van der Waals surface area (Å²) in [5.41, 5.74) is 0.778. The molecule has 10 heteroatoms. The summed E-state index contributed by atoms with van der Waals surface area (Å²) in [6.07, 6.45) is -3.85. The van der Waals surface area contributed by atoms with E-state index in [1.807, 2.05) is 18.2 Å². The SMILES string of the molecule is COc1ccccc1-c1cc(C(=O)N2CC(Oc3cc(C(F)(F)F)ccn3)C2)[nH]n1. The summed E-state index contributed by atoms with van der Waals surface area (Å²) < 4.78 is 49.1. The lowest BCUT2D eigenvalue weighted by Crippen LogP contribution is -2.56. The van der Waals surface area contributed by atoms with E-state index in [0.717, 1.165) is 23.9 Å². The number of alkyl halides is 3. The van der Waals surface area contributed by atoms with Gasteiger partial charge in [0.25, 0.3) is 5.91 Å². The van der Waals surface area contributed by atoms with Gasteiger partial charge in [-0.15, -0.1) is 0 Å². The van der Waals surface area contributed by atoms with Crippen molar-refractivity contribution in [3.05, 3.63) is 59.9 Å². The molecule has 1 N–H and O–H groups in total. The number of hydrogen-bond acceptors (Lipinski definition) is 5. The first-order valence-corrected chi connectivity index (χ1v) is 9.03. The average molecular weight is 418 g/mol. The first-order chi connectivity index (χ1) is 14.3. The van der Waals surface area contributed by atoms with E-state index in [0.29, 0.717) is 17.1 Å². The minimum atomic E-state index is -4.47. The smallest absolute Gasteiger partial charge is 0.416 e. The fourth-order valence-electron chi connectivity index (χ4n) is 3.10. The summed E-state index contributed by atoms with van der Waals surface area (Å²) >= 11 is 0. The molecule has 0 aliphatic carbocycles. The lowest BCUT2D eigenvalue weighted by molar-refractivity contribution is -0.137. The van der Waals surface area contributed by atoms with Crippen LogP contribution in [0.1, 0.15) is 16.1 Å². The number of ether oxygens (including phenoxy) is 2. The highest BCUT2D eigenvalue weighted by atomic mass is 19.4. The van der Waals surface area contributed by atoms with Crippen LogP contribution < -0.4 is 9.47 Å². The van der Waals surface area contributed by atoms with Gasteiger partial charge < -0.3 is 14.4 Å². The van der Waals surface area contributed by atoms with Gasteiger partial charge in [-0.05, 0) is 24.3 Å². The standard InChI is InChI=1S/C20H17F3N4O3/c1-29-17-5-3-2-4-14(17)15-9-16(26-25-15)19(28)27-10-13(11-27)30-18-8-12(6-7-24-18)20(21,22)23/h2-9,13H,10-11H2,1H3,(H,25,26). The Morgan fingerprint density at radius 3 is 2.70 bits per heavy atom. The number of amides is 1. The Morgan fingerprint density at radius 2 is 1.97 bits per heavy atom. The largest absolute Gasteiger partial charge is 0.496 e. The molecular weight excluding hydrogens is 401 g/mol. The second-order valence-electron chi connectivity index (χ2n) is 6.70. The Labute approximate surface area is 169 Å². The van der Waals surface area contributed by atoms with Crippen LogP contribution in [0, 0.1) is 0 Å². The third-order valence-corrected chi connectivity index (χ3v) is 4.68. The van der Waals surface area contributed by atoms with Gasteiger partial charge in [0, 0.05) is 17.8 Å². The number of likely N-dealkylation sites (tertiary alicyclic amines) is 1. The molecule has 3 aromatic rings. The normalized spacial score (nSPS) is 14.3. The van der Waals surface area contributed by atoms with Crippen molar-refractivity contribution in [3.63, 3.8) is 0 Å². The van der Waals surface area contributed by atoms with Gasteiger partial charge in [-0.2, -0.15) is 18.3 Å². The predicted octanol–water partition coefficient (Wildman–Crippen LogP) is 3.40. The van der Waals surface area contributed by atoms with Crippen LogP contribution in [0.15, 0.2) is 48.7 Å². The monoisotopic (exact) mass is 418 g/mol. The third kappa shape index (κ3) is 3.93. The van der Waals surface area contributed by atoms with Gasteiger partial charge in [0.1, 0.15) is 17.5 Å². The molecule has 1 aliphatic rings. The molecule has 30 heavy (non-hydrogen) atoms. The number of halogens is 3. The molecular formula is C20H17F3N4O3. The van der Waals surface area contributed by atoms with E-state index in [9.17, 15) is 18.0 Å². The number of carbonyl (C=O) groups is 1. The highest BCUT2D eigenvalue weighted by Gasteiger charge is 2.35. The van der Waals surface area contributed by atoms with Crippen LogP contribution >= 0.6 is 0 Å². The summed E-state index contributed by atoms with van der Waals surface area (Å²) in [4.78, 5) is 17.9. The summed E-state index contributed by atoms with van der Waals surface area (Å²) in [6, 6.07) is 10.7. The van der Waals surface area contributed by atoms with Crippen molar-refractivity contribution >= 4 is 5.91 Å². The van der Waals surface area contributed by atoms with Gasteiger partial charge in [-0.3, -0.25) is 9.89 Å². The summed E-state index contributed by atoms with van der Waals surface area (Å²) in [6.45, 7) is 0.472. The number of hydrogen-bond donors (Lipinski definition) is 1. The molecule has 156 valence electrons. The number of aromatic amines is 1. The number of para-hydroxylation sites is 1.